The summed E-state index contributed by atoms with van der Waals surface area (Å²) < 4.78 is 5.86. The Morgan fingerprint density at radius 2 is 1.63 bits per heavy atom. The first kappa shape index (κ1) is 14.8. The Hall–Kier alpha value is -0.570. The Morgan fingerprint density at radius 1 is 1.11 bits per heavy atom. The predicted molar refractivity (Wildman–Crippen MR) is 80.4 cm³/mol. The summed E-state index contributed by atoms with van der Waals surface area (Å²) in [4.78, 5) is 0. The quantitative estimate of drug-likeness (QED) is 0.895. The van der Waals surface area contributed by atoms with Crippen molar-refractivity contribution in [3.63, 3.8) is 0 Å². The van der Waals surface area contributed by atoms with Crippen LogP contribution in [0, 0.1) is 5.41 Å². The van der Waals surface area contributed by atoms with Gasteiger partial charge in [-0.15, -0.1) is 0 Å². The number of ether oxygens (including phenoxy) is 1. The highest BCUT2D eigenvalue weighted by Crippen LogP contribution is 2.46. The monoisotopic (exact) mass is 281 g/mol. The van der Waals surface area contributed by atoms with Crippen LogP contribution in [-0.4, -0.2) is 12.7 Å². The molecule has 3 heteroatoms. The molecule has 1 aliphatic carbocycles. The van der Waals surface area contributed by atoms with Crippen LogP contribution in [0.3, 0.4) is 0 Å². The number of halogens is 1. The molecule has 1 atom stereocenters. The molecule has 0 radical (unpaired) electrons. The van der Waals surface area contributed by atoms with Crippen LogP contribution in [0.15, 0.2) is 24.3 Å². The first-order chi connectivity index (χ1) is 8.88. The molecule has 0 aliphatic heterocycles. The van der Waals surface area contributed by atoms with Gasteiger partial charge in [0, 0.05) is 12.1 Å². The van der Waals surface area contributed by atoms with Gasteiger partial charge in [-0.2, -0.15) is 0 Å². The molecule has 0 heterocycles. The molecular weight excluding hydrogens is 258 g/mol. The van der Waals surface area contributed by atoms with Crippen LogP contribution in [0.4, 0.5) is 0 Å². The number of hydrogen-bond donors (Lipinski definition) is 1. The summed E-state index contributed by atoms with van der Waals surface area (Å²) in [7, 11) is 1.79. The van der Waals surface area contributed by atoms with Gasteiger partial charge in [-0.3, -0.25) is 0 Å². The number of rotatable bonds is 3. The molecule has 2 nitrogen and oxygen atoms in total. The van der Waals surface area contributed by atoms with Gasteiger partial charge in [0.15, 0.2) is 0 Å². The average molecular weight is 282 g/mol. The van der Waals surface area contributed by atoms with Crippen LogP contribution in [0.2, 0.25) is 5.02 Å². The second-order valence-corrected chi connectivity index (χ2v) is 6.90. The van der Waals surface area contributed by atoms with Gasteiger partial charge < -0.3 is 10.5 Å². The van der Waals surface area contributed by atoms with Gasteiger partial charge in [0.25, 0.3) is 0 Å². The highest BCUT2D eigenvalue weighted by molar-refractivity contribution is 6.30. The number of methoxy groups -OCH3 is 1. The summed E-state index contributed by atoms with van der Waals surface area (Å²) in [6.45, 7) is 4.64. The normalized spacial score (nSPS) is 23.0. The van der Waals surface area contributed by atoms with Gasteiger partial charge >= 0.3 is 0 Å². The average Bonchev–Trinajstić information content (AvgIpc) is 2.40. The molecule has 0 amide bonds. The van der Waals surface area contributed by atoms with E-state index >= 15 is 0 Å². The summed E-state index contributed by atoms with van der Waals surface area (Å²) in [6.07, 6.45) is 4.34. The van der Waals surface area contributed by atoms with E-state index in [0.29, 0.717) is 5.41 Å². The molecular formula is C16H24ClNO. The van der Waals surface area contributed by atoms with Crippen LogP contribution in [-0.2, 0) is 4.74 Å². The molecule has 19 heavy (non-hydrogen) atoms. The van der Waals surface area contributed by atoms with Gasteiger partial charge in [0.1, 0.15) is 0 Å². The van der Waals surface area contributed by atoms with E-state index < -0.39 is 0 Å². The molecule has 106 valence electrons. The van der Waals surface area contributed by atoms with Crippen molar-refractivity contribution in [2.24, 2.45) is 11.1 Å². The first-order valence-electron chi connectivity index (χ1n) is 6.95. The molecule has 0 aromatic heterocycles. The third-order valence-corrected chi connectivity index (χ3v) is 4.90. The lowest BCUT2D eigenvalue weighted by Gasteiger charge is -2.46. The van der Waals surface area contributed by atoms with Crippen molar-refractivity contribution < 1.29 is 4.74 Å². The van der Waals surface area contributed by atoms with E-state index in [9.17, 15) is 0 Å². The summed E-state index contributed by atoms with van der Waals surface area (Å²) in [5.41, 5.74) is 7.76. The topological polar surface area (TPSA) is 35.2 Å². The van der Waals surface area contributed by atoms with Crippen molar-refractivity contribution in [1.29, 1.82) is 0 Å². The molecule has 1 aromatic carbocycles. The summed E-state index contributed by atoms with van der Waals surface area (Å²) in [6, 6.07) is 7.71. The zero-order valence-electron chi connectivity index (χ0n) is 12.1. The molecule has 1 aliphatic rings. The molecule has 0 spiro atoms. The van der Waals surface area contributed by atoms with Gasteiger partial charge in [0.05, 0.1) is 11.6 Å². The summed E-state index contributed by atoms with van der Waals surface area (Å²) in [5.74, 6) is 0. The molecule has 1 saturated carbocycles. The van der Waals surface area contributed by atoms with E-state index in [4.69, 9.17) is 22.1 Å². The van der Waals surface area contributed by atoms with Crippen molar-refractivity contribution in [3.05, 3.63) is 34.9 Å². The van der Waals surface area contributed by atoms with Crippen LogP contribution < -0.4 is 5.73 Å². The minimum atomic E-state index is -0.233. The number of hydrogen-bond acceptors (Lipinski definition) is 2. The fourth-order valence-electron chi connectivity index (χ4n) is 2.97. The minimum Gasteiger partial charge on any atom is -0.376 e. The lowest BCUT2D eigenvalue weighted by molar-refractivity contribution is -0.0794. The Labute approximate surface area is 121 Å². The highest BCUT2D eigenvalue weighted by Gasteiger charge is 2.43. The van der Waals surface area contributed by atoms with E-state index in [0.717, 1.165) is 36.3 Å². The van der Waals surface area contributed by atoms with Crippen molar-refractivity contribution in [3.8, 4) is 0 Å². The fraction of sp³-hybridized carbons (Fsp3) is 0.625. The maximum Gasteiger partial charge on any atom is 0.0870 e. The van der Waals surface area contributed by atoms with Gasteiger partial charge in [-0.1, -0.05) is 37.6 Å². The second kappa shape index (κ2) is 5.43. The maximum absolute atomic E-state index is 6.49. The van der Waals surface area contributed by atoms with Crippen LogP contribution in [0.1, 0.15) is 51.1 Å². The van der Waals surface area contributed by atoms with Crippen molar-refractivity contribution in [2.45, 2.75) is 51.2 Å². The second-order valence-electron chi connectivity index (χ2n) is 6.46. The van der Waals surface area contributed by atoms with E-state index in [2.05, 4.69) is 13.8 Å². The summed E-state index contributed by atoms with van der Waals surface area (Å²) in [5, 5.41) is 0.743. The van der Waals surface area contributed by atoms with Crippen LogP contribution >= 0.6 is 11.6 Å². The third kappa shape index (κ3) is 3.13. The maximum atomic E-state index is 6.49. The molecule has 0 bridgehead atoms. The summed E-state index contributed by atoms with van der Waals surface area (Å²) >= 11 is 5.94. The zero-order valence-corrected chi connectivity index (χ0v) is 12.8. The van der Waals surface area contributed by atoms with E-state index in [1.807, 2.05) is 24.3 Å². The lowest BCUT2D eigenvalue weighted by Crippen LogP contribution is -2.47. The molecule has 2 N–H and O–H groups in total. The smallest absolute Gasteiger partial charge is 0.0870 e. The number of nitrogens with two attached hydrogens (primary N) is 1. The van der Waals surface area contributed by atoms with E-state index in [-0.39, 0.29) is 11.6 Å². The van der Waals surface area contributed by atoms with Crippen LogP contribution in [0.5, 0.6) is 0 Å². The number of benzene rings is 1. The van der Waals surface area contributed by atoms with E-state index in [1.165, 1.54) is 0 Å². The van der Waals surface area contributed by atoms with Gasteiger partial charge in [-0.25, -0.2) is 0 Å². The van der Waals surface area contributed by atoms with Gasteiger partial charge in [-0.05, 0) is 48.8 Å². The zero-order chi connectivity index (χ0) is 14.1. The van der Waals surface area contributed by atoms with Crippen LogP contribution in [0.25, 0.3) is 0 Å². The molecule has 0 saturated heterocycles. The highest BCUT2D eigenvalue weighted by atomic mass is 35.5. The predicted octanol–water partition coefficient (Wildman–Crippen LogP) is 4.33. The third-order valence-electron chi connectivity index (χ3n) is 4.65. The standard InChI is InChI=1S/C16H24ClNO/c1-15(2)8-10-16(19-3,11-9-15)14(18)12-4-6-13(17)7-5-12/h4-7,14H,8-11,18H2,1-3H3. The Bertz CT molecular complexity index is 417. The first-order valence-corrected chi connectivity index (χ1v) is 7.33. The van der Waals surface area contributed by atoms with Gasteiger partial charge in [0.2, 0.25) is 0 Å². The molecule has 1 unspecified atom stereocenters. The van der Waals surface area contributed by atoms with Crippen molar-refractivity contribution >= 4 is 11.6 Å². The van der Waals surface area contributed by atoms with E-state index in [1.54, 1.807) is 7.11 Å². The molecule has 1 aromatic rings. The Balaban J connectivity index is 2.19. The minimum absolute atomic E-state index is 0.0918. The van der Waals surface area contributed by atoms with Crippen molar-refractivity contribution in [1.82, 2.24) is 0 Å². The Kier molecular flexibility index (Phi) is 4.24. The molecule has 1 fully saturated rings. The molecule has 2 rings (SSSR count). The fourth-order valence-corrected chi connectivity index (χ4v) is 3.09. The SMILES string of the molecule is COC1(C(N)c2ccc(Cl)cc2)CCC(C)(C)CC1. The van der Waals surface area contributed by atoms with Crippen molar-refractivity contribution in [2.75, 3.05) is 7.11 Å². The lowest BCUT2D eigenvalue weighted by atomic mass is 9.67. The Morgan fingerprint density at radius 3 is 2.11 bits per heavy atom. The largest absolute Gasteiger partial charge is 0.376 e.